The first-order chi connectivity index (χ1) is 16.8. The molecular weight excluding hydrogens is 486 g/mol. The standard InChI is InChI=1S/C26H26F6N2O2/c1-17-5-6-19(11-18(17)2)12-23-16-33(7-3-4-10-35)8-9-34(23)24(36)20-13-21(25(27,28)29)15-22(14-20)26(30,31)32/h5-6,11,13-15,23,35H,7-10,12,16H2,1-2H3/t23-/m1/s1. The highest BCUT2D eigenvalue weighted by Gasteiger charge is 2.39. The number of aliphatic hydroxyl groups is 1. The number of alkyl halides is 6. The maximum atomic E-state index is 13.4. The summed E-state index contributed by atoms with van der Waals surface area (Å²) in [5, 5.41) is 8.89. The number of carbonyl (C=O) groups is 1. The van der Waals surface area contributed by atoms with Gasteiger partial charge < -0.3 is 10.0 Å². The predicted octanol–water partition coefficient (Wildman–Crippen LogP) is 4.71. The molecule has 0 spiro atoms. The average molecular weight is 512 g/mol. The Morgan fingerprint density at radius 1 is 0.944 bits per heavy atom. The lowest BCUT2D eigenvalue weighted by Gasteiger charge is -2.41. The van der Waals surface area contributed by atoms with Crippen LogP contribution in [0.2, 0.25) is 0 Å². The van der Waals surface area contributed by atoms with Crippen molar-refractivity contribution in [3.05, 3.63) is 69.8 Å². The Kier molecular flexibility index (Phi) is 8.37. The molecule has 1 amide bonds. The second-order valence-corrected chi connectivity index (χ2v) is 8.82. The number of aliphatic hydroxyl groups excluding tert-OH is 1. The van der Waals surface area contributed by atoms with Gasteiger partial charge in [0.1, 0.15) is 6.61 Å². The highest BCUT2D eigenvalue weighted by molar-refractivity contribution is 5.95. The zero-order valence-corrected chi connectivity index (χ0v) is 19.8. The quantitative estimate of drug-likeness (QED) is 0.477. The second-order valence-electron chi connectivity index (χ2n) is 8.82. The van der Waals surface area contributed by atoms with Gasteiger partial charge in [0.25, 0.3) is 5.91 Å². The summed E-state index contributed by atoms with van der Waals surface area (Å²) in [5.74, 6) is 4.46. The Morgan fingerprint density at radius 2 is 1.58 bits per heavy atom. The lowest BCUT2D eigenvalue weighted by atomic mass is 9.97. The first-order valence-electron chi connectivity index (χ1n) is 11.2. The molecule has 0 aromatic heterocycles. The molecule has 3 rings (SSSR count). The number of piperazine rings is 1. The summed E-state index contributed by atoms with van der Waals surface area (Å²) < 4.78 is 80.1. The Morgan fingerprint density at radius 3 is 2.14 bits per heavy atom. The summed E-state index contributed by atoms with van der Waals surface area (Å²) in [7, 11) is 0. The molecule has 194 valence electrons. The fourth-order valence-electron chi connectivity index (χ4n) is 4.18. The average Bonchev–Trinajstić information content (AvgIpc) is 2.80. The van der Waals surface area contributed by atoms with Crippen molar-refractivity contribution < 1.29 is 36.2 Å². The van der Waals surface area contributed by atoms with Crippen LogP contribution in [0.15, 0.2) is 36.4 Å². The molecule has 1 saturated heterocycles. The molecule has 0 aliphatic carbocycles. The van der Waals surface area contributed by atoms with Crippen LogP contribution in [0.3, 0.4) is 0 Å². The van der Waals surface area contributed by atoms with Crippen LogP contribution < -0.4 is 0 Å². The Labute approximate surface area is 205 Å². The third-order valence-electron chi connectivity index (χ3n) is 6.21. The first kappa shape index (κ1) is 27.6. The number of nitrogens with zero attached hydrogens (tertiary/aromatic N) is 2. The maximum absolute atomic E-state index is 13.4. The maximum Gasteiger partial charge on any atom is 0.416 e. The first-order valence-corrected chi connectivity index (χ1v) is 11.2. The van der Waals surface area contributed by atoms with Crippen LogP contribution in [-0.4, -0.2) is 59.6 Å². The molecule has 10 heteroatoms. The van der Waals surface area contributed by atoms with E-state index in [0.717, 1.165) is 16.7 Å². The summed E-state index contributed by atoms with van der Waals surface area (Å²) in [5.41, 5.74) is -0.715. The largest absolute Gasteiger partial charge is 0.416 e. The minimum atomic E-state index is -5.04. The fraction of sp³-hybridized carbons (Fsp3) is 0.423. The Balaban J connectivity index is 1.97. The summed E-state index contributed by atoms with van der Waals surface area (Å²) in [6.07, 6.45) is -9.72. The zero-order chi connectivity index (χ0) is 26.7. The van der Waals surface area contributed by atoms with E-state index < -0.39 is 41.0 Å². The third-order valence-corrected chi connectivity index (χ3v) is 6.21. The van der Waals surface area contributed by atoms with Crippen molar-refractivity contribution in [2.75, 3.05) is 32.8 Å². The topological polar surface area (TPSA) is 43.8 Å². The second kappa shape index (κ2) is 10.9. The monoisotopic (exact) mass is 512 g/mol. The molecule has 0 bridgehead atoms. The molecule has 2 aromatic carbocycles. The molecule has 0 unspecified atom stereocenters. The highest BCUT2D eigenvalue weighted by atomic mass is 19.4. The summed E-state index contributed by atoms with van der Waals surface area (Å²) in [6, 6.07) is 6.23. The van der Waals surface area contributed by atoms with Crippen LogP contribution in [0.4, 0.5) is 26.3 Å². The Bertz CT molecular complexity index is 1130. The van der Waals surface area contributed by atoms with Crippen molar-refractivity contribution in [2.45, 2.75) is 38.7 Å². The van der Waals surface area contributed by atoms with Gasteiger partial charge in [-0.1, -0.05) is 30.0 Å². The molecule has 1 N–H and O–H groups in total. The molecule has 1 aliphatic rings. The number of rotatable bonds is 4. The highest BCUT2D eigenvalue weighted by Crippen LogP contribution is 2.37. The van der Waals surface area contributed by atoms with E-state index in [0.29, 0.717) is 38.2 Å². The van der Waals surface area contributed by atoms with E-state index in [1.54, 1.807) is 0 Å². The number of aryl methyl sites for hydroxylation is 2. The number of carbonyl (C=O) groups excluding carboxylic acids is 1. The van der Waals surface area contributed by atoms with E-state index in [1.807, 2.05) is 36.9 Å². The molecule has 1 heterocycles. The molecule has 0 radical (unpaired) electrons. The lowest BCUT2D eigenvalue weighted by Crippen LogP contribution is -2.56. The number of benzene rings is 2. The van der Waals surface area contributed by atoms with Gasteiger partial charge in [-0.3, -0.25) is 9.69 Å². The van der Waals surface area contributed by atoms with Crippen molar-refractivity contribution in [1.29, 1.82) is 0 Å². The van der Waals surface area contributed by atoms with Gasteiger partial charge in [-0.2, -0.15) is 26.3 Å². The van der Waals surface area contributed by atoms with E-state index in [1.165, 1.54) is 4.90 Å². The van der Waals surface area contributed by atoms with Crippen LogP contribution in [-0.2, 0) is 18.8 Å². The minimum Gasteiger partial charge on any atom is -0.384 e. The van der Waals surface area contributed by atoms with Gasteiger partial charge in [0.05, 0.1) is 17.7 Å². The number of hydrogen-bond donors (Lipinski definition) is 1. The molecular formula is C26H26F6N2O2. The van der Waals surface area contributed by atoms with E-state index in [2.05, 4.69) is 11.8 Å². The summed E-state index contributed by atoms with van der Waals surface area (Å²) in [6.45, 7) is 4.65. The van der Waals surface area contributed by atoms with Crippen LogP contribution in [0.25, 0.3) is 0 Å². The molecule has 4 nitrogen and oxygen atoms in total. The van der Waals surface area contributed by atoms with Gasteiger partial charge in [-0.05, 0) is 55.2 Å². The van der Waals surface area contributed by atoms with Crippen molar-refractivity contribution in [3.63, 3.8) is 0 Å². The molecule has 1 atom stereocenters. The van der Waals surface area contributed by atoms with E-state index in [4.69, 9.17) is 5.11 Å². The Hall–Kier alpha value is -3.03. The summed E-state index contributed by atoms with van der Waals surface area (Å²) in [4.78, 5) is 16.6. The van der Waals surface area contributed by atoms with Crippen LogP contribution in [0.5, 0.6) is 0 Å². The fourth-order valence-corrected chi connectivity index (χ4v) is 4.18. The zero-order valence-electron chi connectivity index (χ0n) is 19.8. The van der Waals surface area contributed by atoms with Gasteiger partial charge in [-0.25, -0.2) is 0 Å². The summed E-state index contributed by atoms with van der Waals surface area (Å²) >= 11 is 0. The molecule has 2 aromatic rings. The molecule has 1 fully saturated rings. The van der Waals surface area contributed by atoms with Gasteiger partial charge in [-0.15, -0.1) is 0 Å². The predicted molar refractivity (Wildman–Crippen MR) is 122 cm³/mol. The van der Waals surface area contributed by atoms with Gasteiger partial charge in [0, 0.05) is 31.2 Å². The SMILES string of the molecule is Cc1ccc(C[C@@H]2CN(CC#CCO)CCN2C(=O)c2cc(C(F)(F)F)cc(C(F)(F)F)c2)cc1C. The van der Waals surface area contributed by atoms with E-state index >= 15 is 0 Å². The smallest absolute Gasteiger partial charge is 0.384 e. The van der Waals surface area contributed by atoms with Crippen molar-refractivity contribution in [3.8, 4) is 11.8 Å². The minimum absolute atomic E-state index is 0.0150. The van der Waals surface area contributed by atoms with Crippen LogP contribution >= 0.6 is 0 Å². The van der Waals surface area contributed by atoms with Crippen molar-refractivity contribution >= 4 is 5.91 Å². The van der Waals surface area contributed by atoms with Gasteiger partial charge in [0.2, 0.25) is 0 Å². The van der Waals surface area contributed by atoms with Gasteiger partial charge in [0.15, 0.2) is 0 Å². The third kappa shape index (κ3) is 6.80. The van der Waals surface area contributed by atoms with E-state index in [9.17, 15) is 31.1 Å². The van der Waals surface area contributed by atoms with Crippen LogP contribution in [0.1, 0.15) is 38.2 Å². The lowest BCUT2D eigenvalue weighted by molar-refractivity contribution is -0.143. The number of halogens is 6. The van der Waals surface area contributed by atoms with E-state index in [-0.39, 0.29) is 19.2 Å². The van der Waals surface area contributed by atoms with Crippen molar-refractivity contribution in [2.24, 2.45) is 0 Å². The van der Waals surface area contributed by atoms with Crippen LogP contribution in [0, 0.1) is 25.7 Å². The molecule has 1 aliphatic heterocycles. The van der Waals surface area contributed by atoms with Crippen molar-refractivity contribution in [1.82, 2.24) is 9.80 Å². The number of amides is 1. The molecule has 0 saturated carbocycles. The normalized spacial score (nSPS) is 17.0. The molecule has 36 heavy (non-hydrogen) atoms. The van der Waals surface area contributed by atoms with Gasteiger partial charge >= 0.3 is 12.4 Å². The number of hydrogen-bond acceptors (Lipinski definition) is 3.